The van der Waals surface area contributed by atoms with Crippen molar-refractivity contribution in [3.63, 3.8) is 0 Å². The van der Waals surface area contributed by atoms with Crippen LogP contribution in [0.25, 0.3) is 0 Å². The monoisotopic (exact) mass is 238 g/mol. The Labute approximate surface area is 99.0 Å². The first-order valence-electron chi connectivity index (χ1n) is 5.13. The topological polar surface area (TPSA) is 72.8 Å². The summed E-state index contributed by atoms with van der Waals surface area (Å²) in [6.07, 6.45) is 0. The number of Topliss-reactive ketones (excluding diaryl/α,β-unsaturated/α-hetero) is 1. The van der Waals surface area contributed by atoms with Gasteiger partial charge in [0.25, 0.3) is 0 Å². The second-order valence-corrected chi connectivity index (χ2v) is 3.35. The van der Waals surface area contributed by atoms with Gasteiger partial charge in [0.2, 0.25) is 0 Å². The number of ether oxygens (including phenoxy) is 2. The Morgan fingerprint density at radius 1 is 1.24 bits per heavy atom. The lowest BCUT2D eigenvalue weighted by Gasteiger charge is -2.09. The summed E-state index contributed by atoms with van der Waals surface area (Å²) >= 11 is 0. The summed E-state index contributed by atoms with van der Waals surface area (Å²) in [5, 5.41) is 8.34. The molecule has 0 radical (unpaired) electrons. The molecule has 5 heteroatoms. The van der Waals surface area contributed by atoms with E-state index in [1.54, 1.807) is 24.3 Å². The van der Waals surface area contributed by atoms with Crippen molar-refractivity contribution >= 4 is 11.8 Å². The van der Waals surface area contributed by atoms with Crippen LogP contribution in [0.4, 0.5) is 0 Å². The van der Waals surface area contributed by atoms with E-state index in [1.165, 1.54) is 6.92 Å². The molecule has 0 aromatic heterocycles. The average Bonchev–Trinajstić information content (AvgIpc) is 2.28. The Morgan fingerprint density at radius 2 is 1.94 bits per heavy atom. The van der Waals surface area contributed by atoms with E-state index in [4.69, 9.17) is 14.6 Å². The van der Waals surface area contributed by atoms with Gasteiger partial charge in [0.05, 0.1) is 12.2 Å². The molecule has 0 saturated carbocycles. The molecule has 17 heavy (non-hydrogen) atoms. The first-order chi connectivity index (χ1) is 8.11. The van der Waals surface area contributed by atoms with E-state index < -0.39 is 5.97 Å². The van der Waals surface area contributed by atoms with E-state index in [1.807, 2.05) is 0 Å². The van der Waals surface area contributed by atoms with Crippen LogP contribution in [0.3, 0.4) is 0 Å². The summed E-state index contributed by atoms with van der Waals surface area (Å²) in [5.41, 5.74) is 0.505. The predicted octanol–water partition coefficient (Wildman–Crippen LogP) is 1.37. The highest BCUT2D eigenvalue weighted by atomic mass is 16.5. The maximum absolute atomic E-state index is 11.3. The van der Waals surface area contributed by atoms with Gasteiger partial charge in [-0.1, -0.05) is 12.1 Å². The lowest BCUT2D eigenvalue weighted by Crippen LogP contribution is -2.13. The molecule has 0 amide bonds. The molecule has 0 spiro atoms. The van der Waals surface area contributed by atoms with Crippen LogP contribution < -0.4 is 4.74 Å². The fraction of sp³-hybridized carbons (Fsp3) is 0.333. The fourth-order valence-corrected chi connectivity index (χ4v) is 1.25. The molecule has 1 rings (SSSR count). The number of hydrogen-bond acceptors (Lipinski definition) is 4. The number of aliphatic carboxylic acids is 1. The van der Waals surface area contributed by atoms with E-state index in [0.717, 1.165) is 0 Å². The molecule has 0 unspecified atom stereocenters. The lowest BCUT2D eigenvalue weighted by atomic mass is 10.1. The normalized spacial score (nSPS) is 9.94. The Bertz CT molecular complexity index is 400. The van der Waals surface area contributed by atoms with Crippen molar-refractivity contribution in [3.05, 3.63) is 29.8 Å². The summed E-state index contributed by atoms with van der Waals surface area (Å²) in [6.45, 7) is 1.48. The highest BCUT2D eigenvalue weighted by molar-refractivity contribution is 5.96. The Morgan fingerprint density at radius 3 is 2.59 bits per heavy atom. The minimum absolute atomic E-state index is 0.0768. The van der Waals surface area contributed by atoms with E-state index in [2.05, 4.69) is 0 Å². The Balaban J connectivity index is 2.41. The van der Waals surface area contributed by atoms with Crippen LogP contribution in [-0.4, -0.2) is 36.7 Å². The second-order valence-electron chi connectivity index (χ2n) is 3.35. The van der Waals surface area contributed by atoms with Gasteiger partial charge in [-0.25, -0.2) is 4.79 Å². The number of benzene rings is 1. The van der Waals surface area contributed by atoms with Crippen molar-refractivity contribution < 1.29 is 24.2 Å². The van der Waals surface area contributed by atoms with Crippen LogP contribution in [0, 0.1) is 0 Å². The molecule has 92 valence electrons. The van der Waals surface area contributed by atoms with Crippen molar-refractivity contribution in [1.82, 2.24) is 0 Å². The van der Waals surface area contributed by atoms with Gasteiger partial charge in [0.1, 0.15) is 19.0 Å². The van der Waals surface area contributed by atoms with Crippen molar-refractivity contribution in [2.45, 2.75) is 6.92 Å². The second kappa shape index (κ2) is 6.65. The number of hydrogen-bond donors (Lipinski definition) is 1. The van der Waals surface area contributed by atoms with Gasteiger partial charge < -0.3 is 14.6 Å². The molecule has 1 aromatic rings. The first-order valence-corrected chi connectivity index (χ1v) is 5.13. The molecule has 0 bridgehead atoms. The molecule has 0 saturated heterocycles. The minimum Gasteiger partial charge on any atom is -0.490 e. The van der Waals surface area contributed by atoms with Crippen molar-refractivity contribution in [3.8, 4) is 5.75 Å². The summed E-state index contributed by atoms with van der Waals surface area (Å²) in [5.74, 6) is -0.611. The van der Waals surface area contributed by atoms with Crippen LogP contribution >= 0.6 is 0 Å². The molecule has 0 fully saturated rings. The SMILES string of the molecule is CC(=O)c1ccccc1OCCOCC(=O)O. The quantitative estimate of drug-likeness (QED) is 0.573. The highest BCUT2D eigenvalue weighted by Gasteiger charge is 2.06. The molecular weight excluding hydrogens is 224 g/mol. The van der Waals surface area contributed by atoms with Crippen molar-refractivity contribution in [2.24, 2.45) is 0 Å². The van der Waals surface area contributed by atoms with Crippen molar-refractivity contribution in [1.29, 1.82) is 0 Å². The third-order valence-corrected chi connectivity index (χ3v) is 1.98. The molecule has 5 nitrogen and oxygen atoms in total. The van der Waals surface area contributed by atoms with Gasteiger partial charge in [-0.2, -0.15) is 0 Å². The summed E-state index contributed by atoms with van der Waals surface area (Å²) in [7, 11) is 0. The van der Waals surface area contributed by atoms with Crippen LogP contribution in [0.1, 0.15) is 17.3 Å². The van der Waals surface area contributed by atoms with E-state index in [-0.39, 0.29) is 25.6 Å². The number of rotatable bonds is 7. The number of para-hydroxylation sites is 1. The molecule has 0 aliphatic carbocycles. The summed E-state index contributed by atoms with van der Waals surface area (Å²) < 4.78 is 10.1. The zero-order valence-corrected chi connectivity index (χ0v) is 9.51. The van der Waals surface area contributed by atoms with E-state index in [0.29, 0.717) is 11.3 Å². The molecule has 0 aliphatic rings. The average molecular weight is 238 g/mol. The molecule has 0 aliphatic heterocycles. The van der Waals surface area contributed by atoms with Crippen LogP contribution in [0.15, 0.2) is 24.3 Å². The number of carboxylic acid groups (broad SMARTS) is 1. The van der Waals surface area contributed by atoms with Gasteiger partial charge >= 0.3 is 5.97 Å². The van der Waals surface area contributed by atoms with Crippen LogP contribution in [0.2, 0.25) is 0 Å². The van der Waals surface area contributed by atoms with Gasteiger partial charge in [-0.3, -0.25) is 4.79 Å². The van der Waals surface area contributed by atoms with Crippen LogP contribution in [-0.2, 0) is 9.53 Å². The third kappa shape index (κ3) is 4.65. The number of carboxylic acids is 1. The number of carbonyl (C=O) groups excluding carboxylic acids is 1. The third-order valence-electron chi connectivity index (χ3n) is 1.98. The maximum atomic E-state index is 11.3. The largest absolute Gasteiger partial charge is 0.490 e. The molecule has 0 atom stereocenters. The summed E-state index contributed by atoms with van der Waals surface area (Å²) in [4.78, 5) is 21.4. The standard InChI is InChI=1S/C12H14O5/c1-9(13)10-4-2-3-5-11(10)17-7-6-16-8-12(14)15/h2-5H,6-8H2,1H3,(H,14,15). The Hall–Kier alpha value is -1.88. The van der Waals surface area contributed by atoms with Gasteiger partial charge in [-0.05, 0) is 19.1 Å². The maximum Gasteiger partial charge on any atom is 0.329 e. The van der Waals surface area contributed by atoms with E-state index >= 15 is 0 Å². The van der Waals surface area contributed by atoms with Gasteiger partial charge in [0.15, 0.2) is 5.78 Å². The molecular formula is C12H14O5. The zero-order valence-electron chi connectivity index (χ0n) is 9.51. The number of ketones is 1. The van der Waals surface area contributed by atoms with Gasteiger partial charge in [0, 0.05) is 0 Å². The van der Waals surface area contributed by atoms with Crippen molar-refractivity contribution in [2.75, 3.05) is 19.8 Å². The summed E-state index contributed by atoms with van der Waals surface area (Å²) in [6, 6.07) is 6.88. The first kappa shape index (κ1) is 13.2. The zero-order chi connectivity index (χ0) is 12.7. The number of carbonyl (C=O) groups is 2. The lowest BCUT2D eigenvalue weighted by molar-refractivity contribution is -0.142. The highest BCUT2D eigenvalue weighted by Crippen LogP contribution is 2.17. The molecule has 1 aromatic carbocycles. The van der Waals surface area contributed by atoms with Gasteiger partial charge in [-0.15, -0.1) is 0 Å². The van der Waals surface area contributed by atoms with E-state index in [9.17, 15) is 9.59 Å². The van der Waals surface area contributed by atoms with Crippen LogP contribution in [0.5, 0.6) is 5.75 Å². The smallest absolute Gasteiger partial charge is 0.329 e. The molecule has 1 N–H and O–H groups in total. The fourth-order valence-electron chi connectivity index (χ4n) is 1.25. The predicted molar refractivity (Wildman–Crippen MR) is 60.4 cm³/mol. The minimum atomic E-state index is -1.02. The molecule has 0 heterocycles. The Kier molecular flexibility index (Phi) is 5.16.